The quantitative estimate of drug-likeness (QED) is 0.785. The van der Waals surface area contributed by atoms with Gasteiger partial charge >= 0.3 is 6.18 Å². The van der Waals surface area contributed by atoms with E-state index in [4.69, 9.17) is 0 Å². The normalized spacial score (nSPS) is 11.6. The van der Waals surface area contributed by atoms with Crippen LogP contribution in [0.4, 0.5) is 19.0 Å². The standard InChI is InChI=1S/C16H12F3N3/c17-16(18,19)12-7-5-11(6-8-12)9-20-15-13-3-1-2-4-14(13)21-10-22-15/h1-8,10H,9H2,(H,20,21,22). The van der Waals surface area contributed by atoms with Gasteiger partial charge in [-0.15, -0.1) is 0 Å². The highest BCUT2D eigenvalue weighted by atomic mass is 19.4. The highest BCUT2D eigenvalue weighted by Gasteiger charge is 2.29. The Morgan fingerprint density at radius 2 is 1.64 bits per heavy atom. The molecular formula is C16H12F3N3. The highest BCUT2D eigenvalue weighted by Crippen LogP contribution is 2.29. The molecule has 0 fully saturated rings. The fraction of sp³-hybridized carbons (Fsp3) is 0.125. The fourth-order valence-corrected chi connectivity index (χ4v) is 2.14. The van der Waals surface area contributed by atoms with Crippen LogP contribution in [-0.2, 0) is 12.7 Å². The van der Waals surface area contributed by atoms with Crippen LogP contribution in [0.15, 0.2) is 54.9 Å². The first-order valence-corrected chi connectivity index (χ1v) is 6.64. The van der Waals surface area contributed by atoms with Crippen molar-refractivity contribution in [2.45, 2.75) is 12.7 Å². The molecule has 0 aliphatic carbocycles. The second-order valence-corrected chi connectivity index (χ2v) is 4.79. The molecule has 0 unspecified atom stereocenters. The minimum atomic E-state index is -4.31. The molecule has 0 radical (unpaired) electrons. The molecule has 3 aromatic rings. The SMILES string of the molecule is FC(F)(F)c1ccc(CNc2ncnc3ccccc23)cc1. The number of nitrogens with one attached hydrogen (secondary N) is 1. The van der Waals surface area contributed by atoms with E-state index in [2.05, 4.69) is 15.3 Å². The summed E-state index contributed by atoms with van der Waals surface area (Å²) in [4.78, 5) is 8.34. The van der Waals surface area contributed by atoms with Crippen LogP contribution < -0.4 is 5.32 Å². The van der Waals surface area contributed by atoms with E-state index in [-0.39, 0.29) is 0 Å². The van der Waals surface area contributed by atoms with Crippen LogP contribution >= 0.6 is 0 Å². The number of halogens is 3. The minimum absolute atomic E-state index is 0.388. The molecule has 2 aromatic carbocycles. The van der Waals surface area contributed by atoms with Crippen molar-refractivity contribution in [3.05, 3.63) is 66.0 Å². The van der Waals surface area contributed by atoms with E-state index in [1.54, 1.807) is 0 Å². The molecule has 3 nitrogen and oxygen atoms in total. The Bertz CT molecular complexity index is 777. The zero-order valence-corrected chi connectivity index (χ0v) is 11.4. The molecule has 1 aromatic heterocycles. The number of benzene rings is 2. The predicted molar refractivity (Wildman–Crippen MR) is 78.3 cm³/mol. The summed E-state index contributed by atoms with van der Waals surface area (Å²) in [7, 11) is 0. The maximum Gasteiger partial charge on any atom is 0.416 e. The highest BCUT2D eigenvalue weighted by molar-refractivity contribution is 5.88. The van der Waals surface area contributed by atoms with Gasteiger partial charge in [-0.2, -0.15) is 13.2 Å². The summed E-state index contributed by atoms with van der Waals surface area (Å²) in [6.45, 7) is 0.388. The van der Waals surface area contributed by atoms with E-state index in [0.717, 1.165) is 28.6 Å². The van der Waals surface area contributed by atoms with Crippen LogP contribution in [-0.4, -0.2) is 9.97 Å². The molecule has 6 heteroatoms. The van der Waals surface area contributed by atoms with Crippen LogP contribution in [0.3, 0.4) is 0 Å². The third-order valence-corrected chi connectivity index (χ3v) is 3.28. The Morgan fingerprint density at radius 1 is 0.909 bits per heavy atom. The van der Waals surface area contributed by atoms with E-state index in [1.165, 1.54) is 18.5 Å². The summed E-state index contributed by atoms with van der Waals surface area (Å²) in [5.41, 5.74) is 0.909. The molecule has 0 aliphatic rings. The van der Waals surface area contributed by atoms with Gasteiger partial charge in [0.15, 0.2) is 0 Å². The summed E-state index contributed by atoms with van der Waals surface area (Å²) in [5.74, 6) is 0.658. The average Bonchev–Trinajstić information content (AvgIpc) is 2.52. The third kappa shape index (κ3) is 3.00. The van der Waals surface area contributed by atoms with Crippen LogP contribution in [0.5, 0.6) is 0 Å². The Balaban J connectivity index is 1.77. The molecule has 0 aliphatic heterocycles. The number of fused-ring (bicyclic) bond motifs is 1. The first kappa shape index (κ1) is 14.3. The summed E-state index contributed by atoms with van der Waals surface area (Å²) in [6.07, 6.45) is -2.85. The van der Waals surface area contributed by atoms with Crippen LogP contribution in [0.25, 0.3) is 10.9 Å². The summed E-state index contributed by atoms with van der Waals surface area (Å²) < 4.78 is 37.5. The topological polar surface area (TPSA) is 37.8 Å². The molecule has 0 saturated carbocycles. The third-order valence-electron chi connectivity index (χ3n) is 3.28. The van der Waals surface area contributed by atoms with Crippen LogP contribution in [0, 0.1) is 0 Å². The Labute approximate surface area is 124 Å². The Kier molecular flexibility index (Phi) is 3.66. The number of hydrogen-bond donors (Lipinski definition) is 1. The number of anilines is 1. The second-order valence-electron chi connectivity index (χ2n) is 4.79. The lowest BCUT2D eigenvalue weighted by Crippen LogP contribution is -2.06. The van der Waals surface area contributed by atoms with Gasteiger partial charge in [-0.3, -0.25) is 0 Å². The summed E-state index contributed by atoms with van der Waals surface area (Å²) in [5, 5.41) is 4.00. The molecule has 0 saturated heterocycles. The average molecular weight is 303 g/mol. The van der Waals surface area contributed by atoms with E-state index >= 15 is 0 Å². The van der Waals surface area contributed by atoms with Crippen molar-refractivity contribution in [2.24, 2.45) is 0 Å². The fourth-order valence-electron chi connectivity index (χ4n) is 2.14. The largest absolute Gasteiger partial charge is 0.416 e. The van der Waals surface area contributed by atoms with Gasteiger partial charge in [0.05, 0.1) is 11.1 Å². The molecule has 1 heterocycles. The molecule has 0 spiro atoms. The predicted octanol–water partition coefficient (Wildman–Crippen LogP) is 4.26. The smallest absolute Gasteiger partial charge is 0.365 e. The van der Waals surface area contributed by atoms with Gasteiger partial charge in [-0.05, 0) is 29.8 Å². The van der Waals surface area contributed by atoms with Gasteiger partial charge in [0.1, 0.15) is 12.1 Å². The lowest BCUT2D eigenvalue weighted by Gasteiger charge is -2.10. The Hall–Kier alpha value is -2.63. The van der Waals surface area contributed by atoms with Gasteiger partial charge in [-0.1, -0.05) is 24.3 Å². The van der Waals surface area contributed by atoms with Crippen LogP contribution in [0.2, 0.25) is 0 Å². The molecule has 0 bridgehead atoms. The van der Waals surface area contributed by atoms with E-state index in [0.29, 0.717) is 12.4 Å². The number of rotatable bonds is 3. The summed E-state index contributed by atoms with van der Waals surface area (Å²) in [6, 6.07) is 12.6. The van der Waals surface area contributed by atoms with Gasteiger partial charge in [0, 0.05) is 11.9 Å². The van der Waals surface area contributed by atoms with Crippen molar-refractivity contribution in [1.82, 2.24) is 9.97 Å². The zero-order valence-electron chi connectivity index (χ0n) is 11.4. The van der Waals surface area contributed by atoms with E-state index < -0.39 is 11.7 Å². The monoisotopic (exact) mass is 303 g/mol. The molecule has 0 amide bonds. The van der Waals surface area contributed by atoms with Crippen molar-refractivity contribution in [2.75, 3.05) is 5.32 Å². The molecule has 112 valence electrons. The molecule has 22 heavy (non-hydrogen) atoms. The van der Waals surface area contributed by atoms with Gasteiger partial charge in [0.25, 0.3) is 0 Å². The number of nitrogens with zero attached hydrogens (tertiary/aromatic N) is 2. The van der Waals surface area contributed by atoms with Crippen molar-refractivity contribution in [3.8, 4) is 0 Å². The first-order chi connectivity index (χ1) is 10.5. The second kappa shape index (κ2) is 5.63. The number of hydrogen-bond acceptors (Lipinski definition) is 3. The molecule has 0 atom stereocenters. The Morgan fingerprint density at radius 3 is 2.36 bits per heavy atom. The van der Waals surface area contributed by atoms with Gasteiger partial charge in [0.2, 0.25) is 0 Å². The lowest BCUT2D eigenvalue weighted by molar-refractivity contribution is -0.137. The minimum Gasteiger partial charge on any atom is -0.365 e. The van der Waals surface area contributed by atoms with E-state index in [9.17, 15) is 13.2 Å². The van der Waals surface area contributed by atoms with Gasteiger partial charge in [-0.25, -0.2) is 9.97 Å². The maximum absolute atomic E-state index is 12.5. The number of aromatic nitrogens is 2. The molecule has 3 rings (SSSR count). The first-order valence-electron chi connectivity index (χ1n) is 6.64. The van der Waals surface area contributed by atoms with Crippen molar-refractivity contribution < 1.29 is 13.2 Å². The van der Waals surface area contributed by atoms with Crippen molar-refractivity contribution in [3.63, 3.8) is 0 Å². The van der Waals surface area contributed by atoms with E-state index in [1.807, 2.05) is 24.3 Å². The lowest BCUT2D eigenvalue weighted by atomic mass is 10.1. The van der Waals surface area contributed by atoms with Crippen LogP contribution in [0.1, 0.15) is 11.1 Å². The summed E-state index contributed by atoms with van der Waals surface area (Å²) >= 11 is 0. The molecule has 1 N–H and O–H groups in total. The van der Waals surface area contributed by atoms with Gasteiger partial charge < -0.3 is 5.32 Å². The van der Waals surface area contributed by atoms with Crippen molar-refractivity contribution in [1.29, 1.82) is 0 Å². The zero-order chi connectivity index (χ0) is 15.6. The number of alkyl halides is 3. The molecular weight excluding hydrogens is 291 g/mol. The number of para-hydroxylation sites is 1. The van der Waals surface area contributed by atoms with Crippen molar-refractivity contribution >= 4 is 16.7 Å². The maximum atomic E-state index is 12.5.